The SMILES string of the molecule is C=C(C)CC[C@H](C)N1CCC(n2nccc2NC(=O)C(C)(C)C)CC1. The van der Waals surface area contributed by atoms with Gasteiger partial charge in [0.15, 0.2) is 0 Å². The van der Waals surface area contributed by atoms with Gasteiger partial charge in [-0.25, -0.2) is 4.68 Å². The predicted molar refractivity (Wildman–Crippen MR) is 104 cm³/mol. The van der Waals surface area contributed by atoms with Crippen molar-refractivity contribution < 1.29 is 4.79 Å². The number of carbonyl (C=O) groups is 1. The summed E-state index contributed by atoms with van der Waals surface area (Å²) >= 11 is 0. The number of nitrogens with zero attached hydrogens (tertiary/aromatic N) is 3. The van der Waals surface area contributed by atoms with E-state index in [1.165, 1.54) is 12.0 Å². The average molecular weight is 347 g/mol. The molecule has 2 rings (SSSR count). The summed E-state index contributed by atoms with van der Waals surface area (Å²) < 4.78 is 2.00. The van der Waals surface area contributed by atoms with Crippen molar-refractivity contribution in [2.45, 2.75) is 72.4 Å². The fraction of sp³-hybridized carbons (Fsp3) is 0.700. The first-order chi connectivity index (χ1) is 11.7. The van der Waals surface area contributed by atoms with Gasteiger partial charge in [0.25, 0.3) is 0 Å². The summed E-state index contributed by atoms with van der Waals surface area (Å²) in [5, 5.41) is 7.51. The third kappa shape index (κ3) is 5.43. The smallest absolute Gasteiger partial charge is 0.230 e. The van der Waals surface area contributed by atoms with Crippen molar-refractivity contribution in [3.63, 3.8) is 0 Å². The van der Waals surface area contributed by atoms with Crippen LogP contribution in [0.5, 0.6) is 0 Å². The van der Waals surface area contributed by atoms with Gasteiger partial charge >= 0.3 is 0 Å². The highest BCUT2D eigenvalue weighted by Crippen LogP contribution is 2.28. The molecule has 0 saturated carbocycles. The molecule has 1 aromatic rings. The second kappa shape index (κ2) is 8.17. The van der Waals surface area contributed by atoms with Gasteiger partial charge in [-0.3, -0.25) is 4.79 Å². The minimum Gasteiger partial charge on any atom is -0.310 e. The first-order valence-corrected chi connectivity index (χ1v) is 9.42. The van der Waals surface area contributed by atoms with E-state index in [1.807, 2.05) is 31.5 Å². The minimum absolute atomic E-state index is 0.0279. The molecule has 5 heteroatoms. The van der Waals surface area contributed by atoms with Gasteiger partial charge in [0, 0.05) is 30.6 Å². The van der Waals surface area contributed by atoms with Crippen LogP contribution in [0.25, 0.3) is 0 Å². The summed E-state index contributed by atoms with van der Waals surface area (Å²) in [5.41, 5.74) is 0.856. The van der Waals surface area contributed by atoms with Crippen LogP contribution >= 0.6 is 0 Å². The van der Waals surface area contributed by atoms with Crippen molar-refractivity contribution >= 4 is 11.7 Å². The number of allylic oxidation sites excluding steroid dienone is 1. The van der Waals surface area contributed by atoms with E-state index in [-0.39, 0.29) is 5.91 Å². The first kappa shape index (κ1) is 19.7. The third-order valence-electron chi connectivity index (χ3n) is 5.05. The molecule has 1 aliphatic heterocycles. The average Bonchev–Trinajstić information content (AvgIpc) is 3.00. The monoisotopic (exact) mass is 346 g/mol. The van der Waals surface area contributed by atoms with Crippen LogP contribution in [0.1, 0.15) is 66.3 Å². The summed E-state index contributed by atoms with van der Waals surface area (Å²) in [6.07, 6.45) is 6.19. The van der Waals surface area contributed by atoms with Crippen molar-refractivity contribution in [2.24, 2.45) is 5.41 Å². The Morgan fingerprint density at radius 2 is 2.04 bits per heavy atom. The topological polar surface area (TPSA) is 50.2 Å². The minimum atomic E-state index is -0.406. The van der Waals surface area contributed by atoms with Crippen LogP contribution in [-0.4, -0.2) is 39.7 Å². The van der Waals surface area contributed by atoms with Gasteiger partial charge in [0.05, 0.1) is 12.2 Å². The lowest BCUT2D eigenvalue weighted by Crippen LogP contribution is -2.41. The van der Waals surface area contributed by atoms with Gasteiger partial charge in [-0.1, -0.05) is 26.3 Å². The van der Waals surface area contributed by atoms with Crippen molar-refractivity contribution in [1.29, 1.82) is 0 Å². The Balaban J connectivity index is 1.92. The van der Waals surface area contributed by atoms with Crippen LogP contribution in [0.3, 0.4) is 0 Å². The molecule has 1 aromatic heterocycles. The maximum atomic E-state index is 12.3. The molecule has 25 heavy (non-hydrogen) atoms. The molecule has 0 unspecified atom stereocenters. The van der Waals surface area contributed by atoms with Gasteiger partial charge in [0.2, 0.25) is 5.91 Å². The van der Waals surface area contributed by atoms with Crippen LogP contribution in [0.4, 0.5) is 5.82 Å². The Morgan fingerprint density at radius 3 is 2.60 bits per heavy atom. The summed E-state index contributed by atoms with van der Waals surface area (Å²) in [5.74, 6) is 0.841. The molecule has 1 saturated heterocycles. The number of anilines is 1. The Morgan fingerprint density at radius 1 is 1.40 bits per heavy atom. The quantitative estimate of drug-likeness (QED) is 0.784. The molecule has 1 fully saturated rings. The summed E-state index contributed by atoms with van der Waals surface area (Å²) in [7, 11) is 0. The summed E-state index contributed by atoms with van der Waals surface area (Å²) in [4.78, 5) is 14.8. The normalized spacial score (nSPS) is 18.1. The van der Waals surface area contributed by atoms with E-state index in [9.17, 15) is 4.79 Å². The van der Waals surface area contributed by atoms with E-state index in [4.69, 9.17) is 0 Å². The number of amides is 1. The second-order valence-electron chi connectivity index (χ2n) is 8.48. The fourth-order valence-corrected chi connectivity index (χ4v) is 3.22. The summed E-state index contributed by atoms with van der Waals surface area (Å²) in [6, 6.07) is 2.84. The molecule has 0 radical (unpaired) electrons. The van der Waals surface area contributed by atoms with Crippen molar-refractivity contribution in [3.8, 4) is 0 Å². The van der Waals surface area contributed by atoms with E-state index >= 15 is 0 Å². The molecule has 1 atom stereocenters. The van der Waals surface area contributed by atoms with Crippen LogP contribution in [-0.2, 0) is 4.79 Å². The van der Waals surface area contributed by atoms with Crippen LogP contribution < -0.4 is 5.32 Å². The number of rotatable bonds is 6. The Hall–Kier alpha value is -1.62. The van der Waals surface area contributed by atoms with Gasteiger partial charge in [-0.2, -0.15) is 5.10 Å². The van der Waals surface area contributed by atoms with Gasteiger partial charge in [-0.05, 0) is 39.5 Å². The number of piperidine rings is 1. The van der Waals surface area contributed by atoms with E-state index < -0.39 is 5.41 Å². The maximum absolute atomic E-state index is 12.3. The molecule has 0 aromatic carbocycles. The largest absolute Gasteiger partial charge is 0.310 e. The van der Waals surface area contributed by atoms with E-state index in [0.717, 1.165) is 38.2 Å². The number of nitrogens with one attached hydrogen (secondary N) is 1. The van der Waals surface area contributed by atoms with Crippen LogP contribution in [0.15, 0.2) is 24.4 Å². The number of likely N-dealkylation sites (tertiary alicyclic amines) is 1. The number of hydrogen-bond donors (Lipinski definition) is 1. The van der Waals surface area contributed by atoms with Gasteiger partial charge in [-0.15, -0.1) is 6.58 Å². The third-order valence-corrected chi connectivity index (χ3v) is 5.05. The van der Waals surface area contributed by atoms with E-state index in [1.54, 1.807) is 6.20 Å². The highest BCUT2D eigenvalue weighted by Gasteiger charge is 2.27. The molecule has 0 spiro atoms. The zero-order valence-electron chi connectivity index (χ0n) is 16.5. The Kier molecular flexibility index (Phi) is 6.44. The maximum Gasteiger partial charge on any atom is 0.230 e. The zero-order chi connectivity index (χ0) is 18.6. The molecule has 1 N–H and O–H groups in total. The van der Waals surface area contributed by atoms with Crippen LogP contribution in [0.2, 0.25) is 0 Å². The Labute approximate surface area is 152 Å². The molecular formula is C20H34N4O. The van der Waals surface area contributed by atoms with Crippen molar-refractivity contribution in [3.05, 3.63) is 24.4 Å². The zero-order valence-corrected chi connectivity index (χ0v) is 16.5. The molecule has 5 nitrogen and oxygen atoms in total. The lowest BCUT2D eigenvalue weighted by atomic mass is 9.96. The second-order valence-corrected chi connectivity index (χ2v) is 8.48. The molecule has 1 aliphatic rings. The number of aromatic nitrogens is 2. The fourth-order valence-electron chi connectivity index (χ4n) is 3.22. The highest BCUT2D eigenvalue weighted by molar-refractivity contribution is 5.93. The molecule has 0 bridgehead atoms. The standard InChI is InChI=1S/C20H34N4O/c1-15(2)7-8-16(3)23-13-10-17(11-14-23)24-18(9-12-21-24)22-19(25)20(4,5)6/h9,12,16-17H,1,7-8,10-11,13-14H2,2-6H3,(H,22,25)/t16-/m0/s1. The number of carbonyl (C=O) groups excluding carboxylic acids is 1. The highest BCUT2D eigenvalue weighted by atomic mass is 16.2. The molecular weight excluding hydrogens is 312 g/mol. The van der Waals surface area contributed by atoms with Crippen molar-refractivity contribution in [2.75, 3.05) is 18.4 Å². The molecule has 1 amide bonds. The lowest BCUT2D eigenvalue weighted by molar-refractivity contribution is -0.123. The first-order valence-electron chi connectivity index (χ1n) is 9.42. The summed E-state index contributed by atoms with van der Waals surface area (Å²) in [6.45, 7) is 16.3. The van der Waals surface area contributed by atoms with E-state index in [0.29, 0.717) is 12.1 Å². The molecule has 2 heterocycles. The lowest BCUT2D eigenvalue weighted by Gasteiger charge is -2.36. The van der Waals surface area contributed by atoms with Crippen molar-refractivity contribution in [1.82, 2.24) is 14.7 Å². The Bertz CT molecular complexity index is 591. The van der Waals surface area contributed by atoms with Crippen LogP contribution in [0, 0.1) is 5.41 Å². The number of hydrogen-bond acceptors (Lipinski definition) is 3. The molecule has 0 aliphatic carbocycles. The van der Waals surface area contributed by atoms with Gasteiger partial charge < -0.3 is 10.2 Å². The van der Waals surface area contributed by atoms with Gasteiger partial charge in [0.1, 0.15) is 5.82 Å². The molecule has 140 valence electrons. The van der Waals surface area contributed by atoms with E-state index in [2.05, 4.69) is 35.7 Å². The predicted octanol–water partition coefficient (Wildman–Crippen LogP) is 4.25.